The van der Waals surface area contributed by atoms with Gasteiger partial charge < -0.3 is 15.7 Å². The van der Waals surface area contributed by atoms with Crippen molar-refractivity contribution >= 4 is 29.0 Å². The van der Waals surface area contributed by atoms with Crippen LogP contribution in [0.1, 0.15) is 5.56 Å². The van der Waals surface area contributed by atoms with Crippen LogP contribution in [0.4, 0.5) is 16.2 Å². The number of amides is 2. The summed E-state index contributed by atoms with van der Waals surface area (Å²) >= 11 is 5.76. The molecule has 2 aromatic rings. The standard InChI is InChI=1S/C14H13ClN2O2/c1-9-3-2-4-10(7-9)16-14(19)17-11-5-6-13(18)12(15)8-11/h2-8,18H,1H3,(H2,16,17,19). The van der Waals surface area contributed by atoms with Gasteiger partial charge in [-0.25, -0.2) is 4.79 Å². The van der Waals surface area contributed by atoms with Crippen LogP contribution in [-0.2, 0) is 0 Å². The quantitative estimate of drug-likeness (QED) is 0.726. The van der Waals surface area contributed by atoms with E-state index in [0.29, 0.717) is 11.4 Å². The van der Waals surface area contributed by atoms with Gasteiger partial charge in [-0.2, -0.15) is 0 Å². The summed E-state index contributed by atoms with van der Waals surface area (Å²) in [6.07, 6.45) is 0. The molecule has 2 amide bonds. The van der Waals surface area contributed by atoms with Gasteiger partial charge in [0, 0.05) is 11.4 Å². The Morgan fingerprint density at radius 2 is 1.79 bits per heavy atom. The maximum atomic E-state index is 11.8. The van der Waals surface area contributed by atoms with E-state index >= 15 is 0 Å². The summed E-state index contributed by atoms with van der Waals surface area (Å²) in [5.41, 5.74) is 2.28. The zero-order chi connectivity index (χ0) is 13.8. The predicted octanol–water partition coefficient (Wildman–Crippen LogP) is 4.00. The Bertz CT molecular complexity index is 614. The van der Waals surface area contributed by atoms with E-state index < -0.39 is 0 Å². The molecule has 0 fully saturated rings. The van der Waals surface area contributed by atoms with Crippen molar-refractivity contribution in [3.63, 3.8) is 0 Å². The number of aromatic hydroxyl groups is 1. The lowest BCUT2D eigenvalue weighted by Crippen LogP contribution is -2.19. The van der Waals surface area contributed by atoms with Gasteiger partial charge in [0.2, 0.25) is 0 Å². The lowest BCUT2D eigenvalue weighted by atomic mass is 10.2. The Labute approximate surface area is 116 Å². The average molecular weight is 277 g/mol. The van der Waals surface area contributed by atoms with Crippen LogP contribution in [0.25, 0.3) is 0 Å². The molecular weight excluding hydrogens is 264 g/mol. The number of hydrogen-bond acceptors (Lipinski definition) is 2. The topological polar surface area (TPSA) is 61.4 Å². The number of rotatable bonds is 2. The largest absolute Gasteiger partial charge is 0.506 e. The van der Waals surface area contributed by atoms with Crippen molar-refractivity contribution in [1.29, 1.82) is 0 Å². The monoisotopic (exact) mass is 276 g/mol. The molecule has 5 heteroatoms. The zero-order valence-electron chi connectivity index (χ0n) is 10.3. The fraction of sp³-hybridized carbons (Fsp3) is 0.0714. The second kappa shape index (κ2) is 5.63. The summed E-state index contributed by atoms with van der Waals surface area (Å²) < 4.78 is 0. The van der Waals surface area contributed by atoms with Crippen LogP contribution in [0.2, 0.25) is 5.02 Å². The molecule has 2 aromatic carbocycles. The van der Waals surface area contributed by atoms with E-state index in [0.717, 1.165) is 5.56 Å². The molecule has 0 aliphatic rings. The highest BCUT2D eigenvalue weighted by atomic mass is 35.5. The first-order valence-corrected chi connectivity index (χ1v) is 6.05. The van der Waals surface area contributed by atoms with E-state index in [4.69, 9.17) is 11.6 Å². The second-order valence-corrected chi connectivity index (χ2v) is 4.52. The number of carbonyl (C=O) groups is 1. The molecule has 0 saturated carbocycles. The number of aryl methyl sites for hydroxylation is 1. The van der Waals surface area contributed by atoms with Crippen molar-refractivity contribution in [1.82, 2.24) is 0 Å². The first-order valence-electron chi connectivity index (χ1n) is 5.68. The van der Waals surface area contributed by atoms with Crippen molar-refractivity contribution in [2.24, 2.45) is 0 Å². The Kier molecular flexibility index (Phi) is 3.92. The van der Waals surface area contributed by atoms with Crippen molar-refractivity contribution in [2.75, 3.05) is 10.6 Å². The minimum absolute atomic E-state index is 0.0219. The number of carbonyl (C=O) groups excluding carboxylic acids is 1. The molecule has 2 rings (SSSR count). The van der Waals surface area contributed by atoms with Crippen LogP contribution in [-0.4, -0.2) is 11.1 Å². The van der Waals surface area contributed by atoms with E-state index in [1.807, 2.05) is 25.1 Å². The van der Waals surface area contributed by atoms with Crippen LogP contribution in [0, 0.1) is 6.92 Å². The van der Waals surface area contributed by atoms with Gasteiger partial charge in [0.1, 0.15) is 5.75 Å². The summed E-state index contributed by atoms with van der Waals surface area (Å²) in [5, 5.41) is 14.8. The Morgan fingerprint density at radius 3 is 2.42 bits per heavy atom. The maximum absolute atomic E-state index is 11.8. The number of benzene rings is 2. The summed E-state index contributed by atoms with van der Waals surface area (Å²) in [5.74, 6) is -0.0219. The fourth-order valence-electron chi connectivity index (χ4n) is 1.60. The lowest BCUT2D eigenvalue weighted by molar-refractivity contribution is 0.262. The van der Waals surface area contributed by atoms with Crippen molar-refractivity contribution in [3.8, 4) is 5.75 Å². The third kappa shape index (κ3) is 3.63. The van der Waals surface area contributed by atoms with E-state index in [1.165, 1.54) is 12.1 Å². The molecular formula is C14H13ClN2O2. The number of hydrogen-bond donors (Lipinski definition) is 3. The van der Waals surface area contributed by atoms with E-state index in [9.17, 15) is 9.90 Å². The number of halogens is 1. The number of urea groups is 1. The molecule has 0 radical (unpaired) electrons. The third-order valence-electron chi connectivity index (χ3n) is 2.48. The van der Waals surface area contributed by atoms with Crippen LogP contribution < -0.4 is 10.6 Å². The summed E-state index contributed by atoms with van der Waals surface area (Å²) in [6, 6.07) is 11.6. The Morgan fingerprint density at radius 1 is 1.11 bits per heavy atom. The summed E-state index contributed by atoms with van der Waals surface area (Å²) in [4.78, 5) is 11.8. The van der Waals surface area contributed by atoms with Gasteiger partial charge in [0.05, 0.1) is 5.02 Å². The first-order chi connectivity index (χ1) is 9.04. The van der Waals surface area contributed by atoms with Crippen molar-refractivity contribution in [2.45, 2.75) is 6.92 Å². The van der Waals surface area contributed by atoms with E-state index in [-0.39, 0.29) is 16.8 Å². The highest BCUT2D eigenvalue weighted by molar-refractivity contribution is 6.32. The average Bonchev–Trinajstić information content (AvgIpc) is 2.34. The SMILES string of the molecule is Cc1cccc(NC(=O)Nc2ccc(O)c(Cl)c2)c1. The van der Waals surface area contributed by atoms with Gasteiger partial charge in [-0.05, 0) is 42.8 Å². The zero-order valence-corrected chi connectivity index (χ0v) is 11.0. The number of anilines is 2. The fourth-order valence-corrected chi connectivity index (χ4v) is 1.78. The number of phenolic OH excluding ortho intramolecular Hbond substituents is 1. The van der Waals surface area contributed by atoms with E-state index in [2.05, 4.69) is 10.6 Å². The smallest absolute Gasteiger partial charge is 0.323 e. The Hall–Kier alpha value is -2.20. The van der Waals surface area contributed by atoms with E-state index in [1.54, 1.807) is 12.1 Å². The van der Waals surface area contributed by atoms with Gasteiger partial charge in [-0.15, -0.1) is 0 Å². The molecule has 0 unspecified atom stereocenters. The number of phenols is 1. The molecule has 0 aliphatic heterocycles. The number of nitrogens with one attached hydrogen (secondary N) is 2. The predicted molar refractivity (Wildman–Crippen MR) is 76.9 cm³/mol. The van der Waals surface area contributed by atoms with Crippen LogP contribution in [0.5, 0.6) is 5.75 Å². The van der Waals surface area contributed by atoms with Crippen LogP contribution in [0.3, 0.4) is 0 Å². The normalized spacial score (nSPS) is 10.0. The molecule has 0 saturated heterocycles. The highest BCUT2D eigenvalue weighted by Gasteiger charge is 2.05. The molecule has 4 nitrogen and oxygen atoms in total. The first kappa shape index (κ1) is 13.2. The molecule has 0 bridgehead atoms. The minimum Gasteiger partial charge on any atom is -0.506 e. The molecule has 0 aliphatic carbocycles. The highest BCUT2D eigenvalue weighted by Crippen LogP contribution is 2.26. The van der Waals surface area contributed by atoms with Crippen molar-refractivity contribution < 1.29 is 9.90 Å². The molecule has 19 heavy (non-hydrogen) atoms. The summed E-state index contributed by atoms with van der Waals surface area (Å²) in [7, 11) is 0. The van der Waals surface area contributed by atoms with Gasteiger partial charge in [-0.3, -0.25) is 0 Å². The Balaban J connectivity index is 2.03. The maximum Gasteiger partial charge on any atom is 0.323 e. The molecule has 98 valence electrons. The minimum atomic E-state index is -0.368. The van der Waals surface area contributed by atoms with Gasteiger partial charge in [-0.1, -0.05) is 23.7 Å². The lowest BCUT2D eigenvalue weighted by Gasteiger charge is -2.08. The molecule has 0 aromatic heterocycles. The van der Waals surface area contributed by atoms with Gasteiger partial charge >= 0.3 is 6.03 Å². The van der Waals surface area contributed by atoms with Crippen molar-refractivity contribution in [3.05, 3.63) is 53.1 Å². The summed E-state index contributed by atoms with van der Waals surface area (Å²) in [6.45, 7) is 1.95. The third-order valence-corrected chi connectivity index (χ3v) is 2.78. The molecule has 3 N–H and O–H groups in total. The molecule has 0 spiro atoms. The van der Waals surface area contributed by atoms with Crippen LogP contribution in [0.15, 0.2) is 42.5 Å². The molecule has 0 atom stereocenters. The second-order valence-electron chi connectivity index (χ2n) is 4.11. The molecule has 0 heterocycles. The van der Waals surface area contributed by atoms with Gasteiger partial charge in [0.15, 0.2) is 0 Å². The van der Waals surface area contributed by atoms with Gasteiger partial charge in [0.25, 0.3) is 0 Å². The van der Waals surface area contributed by atoms with Crippen LogP contribution >= 0.6 is 11.6 Å².